The van der Waals surface area contributed by atoms with Crippen LogP contribution in [0.3, 0.4) is 0 Å². The molecule has 0 amide bonds. The van der Waals surface area contributed by atoms with Gasteiger partial charge < -0.3 is 25.3 Å². The fourth-order valence-electron chi connectivity index (χ4n) is 3.25. The van der Waals surface area contributed by atoms with Crippen LogP contribution in [-0.2, 0) is 6.42 Å². The van der Waals surface area contributed by atoms with E-state index in [1.54, 1.807) is 19.2 Å². The molecule has 2 aromatic carbocycles. The largest absolute Gasteiger partial charge is 0.506 e. The normalized spacial score (nSPS) is 13.4. The van der Waals surface area contributed by atoms with Crippen molar-refractivity contribution in [2.24, 2.45) is 0 Å². The van der Waals surface area contributed by atoms with Gasteiger partial charge in [0.2, 0.25) is 5.56 Å². The smallest absolute Gasteiger partial charge is 0.248 e. The van der Waals surface area contributed by atoms with Crippen LogP contribution < -0.4 is 15.6 Å². The van der Waals surface area contributed by atoms with Gasteiger partial charge in [-0.3, -0.25) is 4.79 Å². The lowest BCUT2D eigenvalue weighted by Gasteiger charge is -2.19. The maximum absolute atomic E-state index is 11.5. The van der Waals surface area contributed by atoms with Crippen LogP contribution in [-0.4, -0.2) is 34.9 Å². The van der Waals surface area contributed by atoms with Crippen LogP contribution in [0.15, 0.2) is 53.3 Å². The molecule has 1 aromatic heterocycles. The Morgan fingerprint density at radius 3 is 2.57 bits per heavy atom. The monoisotopic (exact) mass is 382 g/mol. The quantitative estimate of drug-likeness (QED) is 0.481. The van der Waals surface area contributed by atoms with Gasteiger partial charge in [0.05, 0.1) is 18.7 Å². The summed E-state index contributed by atoms with van der Waals surface area (Å²) >= 11 is 0. The SMILES string of the molecule is COc1ccc(CC[C@@H](C)NC[C@H](O)c2ccc(O)c3[nH]c(=O)ccc23)cc1. The summed E-state index contributed by atoms with van der Waals surface area (Å²) in [6, 6.07) is 14.4. The molecule has 0 bridgehead atoms. The molecular formula is C22H26N2O4. The standard InChI is InChI=1S/C22H26N2O4/c1-14(3-4-15-5-7-16(28-2)8-6-15)23-13-20(26)17-9-11-19(25)22-18(17)10-12-21(27)24-22/h5-12,14,20,23,25-26H,3-4,13H2,1-2H3,(H,24,27)/t14-,20+/m1/s1. The van der Waals surface area contributed by atoms with Crippen LogP contribution in [0.1, 0.15) is 30.6 Å². The lowest BCUT2D eigenvalue weighted by molar-refractivity contribution is 0.171. The first-order chi connectivity index (χ1) is 13.5. The molecule has 0 saturated heterocycles. The third-order valence-electron chi connectivity index (χ3n) is 4.95. The highest BCUT2D eigenvalue weighted by molar-refractivity contribution is 5.87. The van der Waals surface area contributed by atoms with Gasteiger partial charge in [0, 0.05) is 24.0 Å². The second-order valence-corrected chi connectivity index (χ2v) is 7.00. The molecule has 1 heterocycles. The Bertz CT molecular complexity index is 982. The maximum atomic E-state index is 11.5. The zero-order valence-electron chi connectivity index (χ0n) is 16.1. The van der Waals surface area contributed by atoms with Crippen molar-refractivity contribution in [3.8, 4) is 11.5 Å². The molecule has 0 radical (unpaired) electrons. The van der Waals surface area contributed by atoms with E-state index in [9.17, 15) is 15.0 Å². The molecule has 3 aromatic rings. The highest BCUT2D eigenvalue weighted by atomic mass is 16.5. The molecule has 0 aliphatic rings. The van der Waals surface area contributed by atoms with E-state index in [0.29, 0.717) is 23.0 Å². The van der Waals surface area contributed by atoms with Crippen molar-refractivity contribution in [3.63, 3.8) is 0 Å². The number of benzene rings is 2. The number of ether oxygens (including phenoxy) is 1. The van der Waals surface area contributed by atoms with E-state index in [1.165, 1.54) is 17.7 Å². The van der Waals surface area contributed by atoms with Gasteiger partial charge in [-0.15, -0.1) is 0 Å². The van der Waals surface area contributed by atoms with Gasteiger partial charge >= 0.3 is 0 Å². The van der Waals surface area contributed by atoms with Gasteiger partial charge in [-0.05, 0) is 55.2 Å². The topological polar surface area (TPSA) is 94.6 Å². The summed E-state index contributed by atoms with van der Waals surface area (Å²) in [6.07, 6.45) is 1.11. The summed E-state index contributed by atoms with van der Waals surface area (Å²) in [5.41, 5.74) is 1.96. The van der Waals surface area contributed by atoms with Gasteiger partial charge in [-0.2, -0.15) is 0 Å². The van der Waals surface area contributed by atoms with E-state index >= 15 is 0 Å². The average molecular weight is 382 g/mol. The fraction of sp³-hybridized carbons (Fsp3) is 0.318. The second kappa shape index (κ2) is 8.91. The van der Waals surface area contributed by atoms with Gasteiger partial charge in [-0.25, -0.2) is 0 Å². The first kappa shape index (κ1) is 19.9. The third kappa shape index (κ3) is 4.71. The molecule has 148 valence electrons. The first-order valence-electron chi connectivity index (χ1n) is 9.37. The van der Waals surface area contributed by atoms with Gasteiger partial charge in [0.15, 0.2) is 0 Å². The van der Waals surface area contributed by atoms with Crippen molar-refractivity contribution in [2.45, 2.75) is 31.9 Å². The number of pyridine rings is 1. The van der Waals surface area contributed by atoms with Crippen molar-refractivity contribution in [2.75, 3.05) is 13.7 Å². The molecule has 3 rings (SSSR count). The number of phenols is 1. The Kier molecular flexibility index (Phi) is 6.34. The molecule has 0 spiro atoms. The van der Waals surface area contributed by atoms with Crippen LogP contribution in [0.25, 0.3) is 10.9 Å². The van der Waals surface area contributed by atoms with Crippen molar-refractivity contribution >= 4 is 10.9 Å². The molecule has 0 aliphatic carbocycles. The third-order valence-corrected chi connectivity index (χ3v) is 4.95. The number of methoxy groups -OCH3 is 1. The van der Waals surface area contributed by atoms with Crippen molar-refractivity contribution in [3.05, 3.63) is 70.0 Å². The van der Waals surface area contributed by atoms with Crippen LogP contribution in [0.2, 0.25) is 0 Å². The zero-order valence-corrected chi connectivity index (χ0v) is 16.1. The highest BCUT2D eigenvalue weighted by Gasteiger charge is 2.15. The number of H-pyrrole nitrogens is 1. The summed E-state index contributed by atoms with van der Waals surface area (Å²) in [7, 11) is 1.65. The number of fused-ring (bicyclic) bond motifs is 1. The lowest BCUT2D eigenvalue weighted by Crippen LogP contribution is -2.31. The number of aromatic hydroxyl groups is 1. The highest BCUT2D eigenvalue weighted by Crippen LogP contribution is 2.28. The van der Waals surface area contributed by atoms with Crippen molar-refractivity contribution < 1.29 is 14.9 Å². The molecule has 2 atom stereocenters. The number of rotatable bonds is 8. The van der Waals surface area contributed by atoms with Crippen molar-refractivity contribution in [1.29, 1.82) is 0 Å². The van der Waals surface area contributed by atoms with E-state index in [0.717, 1.165) is 18.6 Å². The first-order valence-corrected chi connectivity index (χ1v) is 9.37. The van der Waals surface area contributed by atoms with E-state index in [1.807, 2.05) is 12.1 Å². The Hall–Kier alpha value is -2.83. The Balaban J connectivity index is 1.59. The number of hydrogen-bond donors (Lipinski definition) is 4. The molecular weight excluding hydrogens is 356 g/mol. The van der Waals surface area contributed by atoms with Crippen molar-refractivity contribution in [1.82, 2.24) is 10.3 Å². The summed E-state index contributed by atoms with van der Waals surface area (Å²) in [5, 5.41) is 24.6. The Morgan fingerprint density at radius 1 is 1.11 bits per heavy atom. The fourth-order valence-corrected chi connectivity index (χ4v) is 3.25. The van der Waals surface area contributed by atoms with E-state index < -0.39 is 6.10 Å². The number of hydrogen-bond acceptors (Lipinski definition) is 5. The molecule has 4 N–H and O–H groups in total. The molecule has 28 heavy (non-hydrogen) atoms. The number of phenolic OH excluding ortho intramolecular Hbond substituents is 1. The maximum Gasteiger partial charge on any atom is 0.248 e. The Labute approximate surface area is 163 Å². The number of aliphatic hydroxyl groups is 1. The van der Waals surface area contributed by atoms with Gasteiger partial charge in [0.25, 0.3) is 0 Å². The van der Waals surface area contributed by atoms with Gasteiger partial charge in [0.1, 0.15) is 11.5 Å². The molecule has 0 fully saturated rings. The zero-order chi connectivity index (χ0) is 20.1. The average Bonchev–Trinajstić information content (AvgIpc) is 2.71. The van der Waals surface area contributed by atoms with Crippen LogP contribution in [0, 0.1) is 0 Å². The number of aliphatic hydroxyl groups excluding tert-OH is 1. The minimum atomic E-state index is -0.752. The molecule has 0 aliphatic heterocycles. The minimum Gasteiger partial charge on any atom is -0.506 e. The second-order valence-electron chi connectivity index (χ2n) is 7.00. The number of aromatic amines is 1. The summed E-state index contributed by atoms with van der Waals surface area (Å²) in [4.78, 5) is 14.1. The summed E-state index contributed by atoms with van der Waals surface area (Å²) in [5.74, 6) is 0.838. The number of nitrogens with one attached hydrogen (secondary N) is 2. The summed E-state index contributed by atoms with van der Waals surface area (Å²) in [6.45, 7) is 2.46. The Morgan fingerprint density at radius 2 is 1.86 bits per heavy atom. The predicted molar refractivity (Wildman–Crippen MR) is 110 cm³/mol. The molecule has 6 nitrogen and oxygen atoms in total. The minimum absolute atomic E-state index is 0.00975. The predicted octanol–water partition coefficient (Wildman–Crippen LogP) is 2.89. The van der Waals surface area contributed by atoms with E-state index in [4.69, 9.17) is 4.74 Å². The molecule has 0 saturated carbocycles. The molecule has 6 heteroatoms. The molecule has 0 unspecified atom stereocenters. The lowest BCUT2D eigenvalue weighted by atomic mass is 10.0. The van der Waals surface area contributed by atoms with E-state index in [2.05, 4.69) is 29.4 Å². The van der Waals surface area contributed by atoms with Crippen LogP contribution in [0.4, 0.5) is 0 Å². The number of aromatic nitrogens is 1. The summed E-state index contributed by atoms with van der Waals surface area (Å²) < 4.78 is 5.17. The van der Waals surface area contributed by atoms with Gasteiger partial charge in [-0.1, -0.05) is 18.2 Å². The number of aryl methyl sites for hydroxylation is 1. The van der Waals surface area contributed by atoms with Crippen LogP contribution >= 0.6 is 0 Å². The van der Waals surface area contributed by atoms with E-state index in [-0.39, 0.29) is 17.4 Å². The van der Waals surface area contributed by atoms with Crippen LogP contribution in [0.5, 0.6) is 11.5 Å².